The highest BCUT2D eigenvalue weighted by Gasteiger charge is 2.15. The van der Waals surface area contributed by atoms with Crippen molar-refractivity contribution in [2.45, 2.75) is 112 Å². The topological polar surface area (TPSA) is 66.4 Å². The molecule has 1 aromatic carbocycles. The summed E-state index contributed by atoms with van der Waals surface area (Å²) in [5, 5.41) is 0. The van der Waals surface area contributed by atoms with Gasteiger partial charge in [0.25, 0.3) is 0 Å². The van der Waals surface area contributed by atoms with Crippen molar-refractivity contribution in [3.05, 3.63) is 35.2 Å². The van der Waals surface area contributed by atoms with Gasteiger partial charge >= 0.3 is 0 Å². The van der Waals surface area contributed by atoms with E-state index in [1.54, 1.807) is 0 Å². The number of rotatable bonds is 20. The zero-order chi connectivity index (χ0) is 26.7. The third-order valence-electron chi connectivity index (χ3n) is 6.10. The molecular weight excluding hydrogens is 462 g/mol. The van der Waals surface area contributed by atoms with E-state index < -0.39 is 0 Å². The fourth-order valence-corrected chi connectivity index (χ4v) is 4.06. The molecule has 0 bridgehead atoms. The number of hydrogen-bond acceptors (Lipinski definition) is 6. The third-order valence-corrected chi connectivity index (χ3v) is 6.10. The van der Waals surface area contributed by atoms with Gasteiger partial charge in [0.2, 0.25) is 5.75 Å². The Morgan fingerprint density at radius 1 is 0.568 bits per heavy atom. The Balaban J connectivity index is 2.29. The predicted octanol–water partition coefficient (Wildman–Crippen LogP) is 8.54. The van der Waals surface area contributed by atoms with Crippen LogP contribution in [0.15, 0.2) is 12.1 Å². The van der Waals surface area contributed by atoms with E-state index >= 15 is 0 Å². The standard InChI is InChI=1S/C31H49N3O3/c1-6-9-12-15-20-35-28-23-27(18-19-30-33-25(4)32-26(5)34-30)24-29(36-21-16-13-10-7-2)31(28)37-22-17-14-11-8-3/h18-19,23-24H,6-17,20-22H2,1-5H3/b19-18+. The smallest absolute Gasteiger partial charge is 0.203 e. The fourth-order valence-electron chi connectivity index (χ4n) is 4.06. The van der Waals surface area contributed by atoms with Crippen LogP contribution in [-0.4, -0.2) is 34.8 Å². The minimum atomic E-state index is 0.644. The molecule has 0 saturated carbocycles. The normalized spacial score (nSPS) is 11.3. The molecular formula is C31H49N3O3. The third kappa shape index (κ3) is 12.4. The predicted molar refractivity (Wildman–Crippen MR) is 154 cm³/mol. The summed E-state index contributed by atoms with van der Waals surface area (Å²) in [4.78, 5) is 13.1. The fraction of sp³-hybridized carbons (Fsp3) is 0.645. The highest BCUT2D eigenvalue weighted by Crippen LogP contribution is 2.40. The molecule has 0 fully saturated rings. The van der Waals surface area contributed by atoms with Gasteiger partial charge in [-0.2, -0.15) is 0 Å². The van der Waals surface area contributed by atoms with Crippen LogP contribution in [0.4, 0.5) is 0 Å². The summed E-state index contributed by atoms with van der Waals surface area (Å²) in [5.74, 6) is 4.30. The van der Waals surface area contributed by atoms with Crippen LogP contribution in [-0.2, 0) is 0 Å². The summed E-state index contributed by atoms with van der Waals surface area (Å²) in [6, 6.07) is 4.09. The Morgan fingerprint density at radius 3 is 1.49 bits per heavy atom. The molecule has 1 heterocycles. The molecule has 2 rings (SSSR count). The maximum Gasteiger partial charge on any atom is 0.203 e. The monoisotopic (exact) mass is 511 g/mol. The minimum absolute atomic E-state index is 0.644. The first-order chi connectivity index (χ1) is 18.1. The maximum absolute atomic E-state index is 6.31. The molecule has 6 nitrogen and oxygen atoms in total. The zero-order valence-corrected chi connectivity index (χ0v) is 24.0. The molecule has 0 amide bonds. The SMILES string of the molecule is CCCCCCOc1cc(/C=C/c2nc(C)nc(C)n2)cc(OCCCCCC)c1OCCCCCC. The number of nitrogens with zero attached hydrogens (tertiary/aromatic N) is 3. The van der Waals surface area contributed by atoms with Crippen LogP contribution >= 0.6 is 0 Å². The molecule has 0 spiro atoms. The first kappa shape index (κ1) is 30.6. The van der Waals surface area contributed by atoms with E-state index in [9.17, 15) is 0 Å². The van der Waals surface area contributed by atoms with E-state index in [0.29, 0.717) is 37.3 Å². The van der Waals surface area contributed by atoms with E-state index in [1.807, 2.05) is 38.1 Å². The first-order valence-corrected chi connectivity index (χ1v) is 14.5. The minimum Gasteiger partial charge on any atom is -0.490 e. The lowest BCUT2D eigenvalue weighted by Crippen LogP contribution is -2.06. The van der Waals surface area contributed by atoms with Crippen molar-refractivity contribution in [1.29, 1.82) is 0 Å². The molecule has 37 heavy (non-hydrogen) atoms. The van der Waals surface area contributed by atoms with Crippen molar-refractivity contribution < 1.29 is 14.2 Å². The molecule has 0 radical (unpaired) electrons. The summed E-state index contributed by atoms with van der Waals surface area (Å²) in [5.41, 5.74) is 0.973. The molecule has 0 aliphatic rings. The molecule has 0 atom stereocenters. The van der Waals surface area contributed by atoms with Gasteiger partial charge in [-0.15, -0.1) is 0 Å². The maximum atomic E-state index is 6.31. The summed E-state index contributed by atoms with van der Waals surface area (Å²) in [6.45, 7) is 12.4. The number of hydrogen-bond donors (Lipinski definition) is 0. The summed E-state index contributed by atoms with van der Waals surface area (Å²) < 4.78 is 18.9. The average Bonchev–Trinajstić information content (AvgIpc) is 2.87. The number of ether oxygens (including phenoxy) is 3. The lowest BCUT2D eigenvalue weighted by atomic mass is 10.1. The van der Waals surface area contributed by atoms with E-state index in [0.717, 1.165) is 42.1 Å². The summed E-state index contributed by atoms with van der Waals surface area (Å²) in [6.07, 6.45) is 17.8. The Bertz CT molecular complexity index is 875. The molecule has 2 aromatic rings. The zero-order valence-electron chi connectivity index (χ0n) is 24.0. The Kier molecular flexibility index (Phi) is 15.4. The van der Waals surface area contributed by atoms with Crippen LogP contribution in [0.25, 0.3) is 12.2 Å². The van der Waals surface area contributed by atoms with Crippen molar-refractivity contribution >= 4 is 12.2 Å². The molecule has 0 saturated heterocycles. The Hall–Kier alpha value is -2.63. The van der Waals surface area contributed by atoms with Crippen molar-refractivity contribution in [2.75, 3.05) is 19.8 Å². The largest absolute Gasteiger partial charge is 0.490 e. The van der Waals surface area contributed by atoms with Gasteiger partial charge in [-0.25, -0.2) is 15.0 Å². The van der Waals surface area contributed by atoms with Gasteiger partial charge in [0.15, 0.2) is 17.3 Å². The van der Waals surface area contributed by atoms with Gasteiger partial charge in [-0.05, 0) is 56.9 Å². The summed E-state index contributed by atoms with van der Waals surface area (Å²) in [7, 11) is 0. The van der Waals surface area contributed by atoms with Crippen LogP contribution in [0.3, 0.4) is 0 Å². The number of benzene rings is 1. The van der Waals surface area contributed by atoms with Crippen molar-refractivity contribution in [1.82, 2.24) is 15.0 Å². The first-order valence-electron chi connectivity index (χ1n) is 14.5. The summed E-state index contributed by atoms with van der Waals surface area (Å²) >= 11 is 0. The second-order valence-corrected chi connectivity index (χ2v) is 9.70. The average molecular weight is 512 g/mol. The van der Waals surface area contributed by atoms with Crippen LogP contribution in [0.1, 0.15) is 121 Å². The van der Waals surface area contributed by atoms with Crippen LogP contribution < -0.4 is 14.2 Å². The van der Waals surface area contributed by atoms with E-state index in [-0.39, 0.29) is 0 Å². The quantitative estimate of drug-likeness (QED) is 0.166. The molecule has 1 aromatic heterocycles. The van der Waals surface area contributed by atoms with Gasteiger partial charge in [0, 0.05) is 0 Å². The second-order valence-electron chi connectivity index (χ2n) is 9.70. The van der Waals surface area contributed by atoms with E-state index in [2.05, 4.69) is 35.7 Å². The van der Waals surface area contributed by atoms with Crippen molar-refractivity contribution in [2.24, 2.45) is 0 Å². The van der Waals surface area contributed by atoms with Gasteiger partial charge in [0.1, 0.15) is 11.6 Å². The highest BCUT2D eigenvalue weighted by molar-refractivity contribution is 5.70. The Labute approximate surface area is 225 Å². The number of unbranched alkanes of at least 4 members (excludes halogenated alkanes) is 9. The van der Waals surface area contributed by atoms with Gasteiger partial charge in [0.05, 0.1) is 19.8 Å². The van der Waals surface area contributed by atoms with Crippen molar-refractivity contribution in [3.63, 3.8) is 0 Å². The van der Waals surface area contributed by atoms with Gasteiger partial charge < -0.3 is 14.2 Å². The molecule has 6 heteroatoms. The Morgan fingerprint density at radius 2 is 1.03 bits per heavy atom. The lowest BCUT2D eigenvalue weighted by molar-refractivity contribution is 0.234. The highest BCUT2D eigenvalue weighted by atomic mass is 16.5. The molecule has 0 aliphatic carbocycles. The molecule has 0 unspecified atom stereocenters. The van der Waals surface area contributed by atoms with Crippen LogP contribution in [0.2, 0.25) is 0 Å². The van der Waals surface area contributed by atoms with E-state index in [1.165, 1.54) is 57.8 Å². The molecule has 0 aliphatic heterocycles. The van der Waals surface area contributed by atoms with E-state index in [4.69, 9.17) is 14.2 Å². The molecule has 0 N–H and O–H groups in total. The number of aromatic nitrogens is 3. The van der Waals surface area contributed by atoms with Crippen LogP contribution in [0, 0.1) is 13.8 Å². The van der Waals surface area contributed by atoms with Gasteiger partial charge in [-0.1, -0.05) is 84.6 Å². The second kappa shape index (κ2) is 18.6. The van der Waals surface area contributed by atoms with Crippen LogP contribution in [0.5, 0.6) is 17.2 Å². The van der Waals surface area contributed by atoms with Crippen molar-refractivity contribution in [3.8, 4) is 17.2 Å². The van der Waals surface area contributed by atoms with Gasteiger partial charge in [-0.3, -0.25) is 0 Å². The molecule has 206 valence electrons. The number of aryl methyl sites for hydroxylation is 2. The lowest BCUT2D eigenvalue weighted by Gasteiger charge is -2.18.